The van der Waals surface area contributed by atoms with Gasteiger partial charge in [0.1, 0.15) is 6.54 Å². The second-order valence-corrected chi connectivity index (χ2v) is 16.4. The van der Waals surface area contributed by atoms with Crippen molar-refractivity contribution in [1.82, 2.24) is 0 Å². The Balaban J connectivity index is 1.42. The van der Waals surface area contributed by atoms with E-state index < -0.39 is 16.1 Å². The lowest BCUT2D eigenvalue weighted by Crippen LogP contribution is -2.28. The molecule has 0 spiro atoms. The minimum absolute atomic E-state index is 0.188. The summed E-state index contributed by atoms with van der Waals surface area (Å²) >= 11 is 7.17. The highest BCUT2D eigenvalue weighted by Crippen LogP contribution is 2.48. The molecule has 5 rings (SSSR count). The molecular formula is C40H50ClN2O5S+. The van der Waals surface area contributed by atoms with E-state index in [4.69, 9.17) is 16.7 Å². The average Bonchev–Trinajstić information content (AvgIpc) is 3.39. The lowest BCUT2D eigenvalue weighted by atomic mass is 9.81. The van der Waals surface area contributed by atoms with Gasteiger partial charge in [-0.05, 0) is 81.2 Å². The van der Waals surface area contributed by atoms with Gasteiger partial charge in [-0.25, -0.2) is 0 Å². The van der Waals surface area contributed by atoms with Crippen LogP contribution in [0, 0.1) is 0 Å². The van der Waals surface area contributed by atoms with Crippen LogP contribution < -0.4 is 4.90 Å². The summed E-state index contributed by atoms with van der Waals surface area (Å²) in [5, 5.41) is 9.84. The molecule has 0 radical (unpaired) electrons. The Kier molecular flexibility index (Phi) is 11.4. The molecule has 0 fully saturated rings. The summed E-state index contributed by atoms with van der Waals surface area (Å²) in [7, 11) is -3.99. The van der Waals surface area contributed by atoms with Crippen LogP contribution in [0.5, 0.6) is 0 Å². The molecule has 7 nitrogen and oxygen atoms in total. The molecule has 2 aliphatic heterocycles. The molecule has 2 heterocycles. The highest BCUT2D eigenvalue weighted by Gasteiger charge is 2.44. The fourth-order valence-electron chi connectivity index (χ4n) is 7.61. The zero-order chi connectivity index (χ0) is 35.4. The molecule has 262 valence electrons. The number of halogens is 1. The molecule has 2 aromatic carbocycles. The molecule has 0 amide bonds. The lowest BCUT2D eigenvalue weighted by molar-refractivity contribution is -0.438. The van der Waals surface area contributed by atoms with Crippen molar-refractivity contribution in [2.45, 2.75) is 96.3 Å². The fraction of sp³-hybridized carbons (Fsp3) is 0.450. The van der Waals surface area contributed by atoms with E-state index in [1.165, 1.54) is 22.5 Å². The summed E-state index contributed by atoms with van der Waals surface area (Å²) in [4.78, 5) is 13.4. The fourth-order valence-corrected chi connectivity index (χ4v) is 8.49. The van der Waals surface area contributed by atoms with E-state index in [1.807, 2.05) is 6.07 Å². The second kappa shape index (κ2) is 15.2. The number of anilines is 1. The summed E-state index contributed by atoms with van der Waals surface area (Å²) in [6, 6.07) is 16.9. The van der Waals surface area contributed by atoms with Gasteiger partial charge in [-0.3, -0.25) is 9.35 Å². The third-order valence-corrected chi connectivity index (χ3v) is 11.5. The Bertz CT molecular complexity index is 1850. The summed E-state index contributed by atoms with van der Waals surface area (Å²) in [6.07, 6.45) is 15.3. The molecule has 3 aliphatic rings. The summed E-state index contributed by atoms with van der Waals surface area (Å²) in [5.74, 6) is -0.980. The standard InChI is InChI=1S/C40H49ClN2O5S/c1-39(2)31-17-7-9-19-33(31)42(26-11-5-6-21-37(44)45)35(39)24-22-29-15-14-16-30(38(29)41)23-25-36-40(3,4)32-18-8-10-20-34(32)43(36)27-12-13-28-49(46,47)48/h7-10,17-20,22-25H,5-6,11-16,21,26-28H2,1-4H3,(H-,44,45,46,47,48)/p+1. The summed E-state index contributed by atoms with van der Waals surface area (Å²) < 4.78 is 34.1. The van der Waals surface area contributed by atoms with E-state index in [-0.39, 0.29) is 23.0 Å². The van der Waals surface area contributed by atoms with Gasteiger partial charge in [0.2, 0.25) is 5.69 Å². The van der Waals surface area contributed by atoms with Crippen LogP contribution in [0.15, 0.2) is 94.7 Å². The Morgan fingerprint density at radius 3 is 2.35 bits per heavy atom. The molecule has 1 aliphatic carbocycles. The number of nitrogens with zero attached hydrogens (tertiary/aromatic N) is 2. The molecular weight excluding hydrogens is 656 g/mol. The van der Waals surface area contributed by atoms with E-state index in [0.717, 1.165) is 66.2 Å². The van der Waals surface area contributed by atoms with Crippen LogP contribution in [0.25, 0.3) is 0 Å². The minimum Gasteiger partial charge on any atom is -0.481 e. The maximum Gasteiger partial charge on any atom is 0.303 e. The monoisotopic (exact) mass is 705 g/mol. The molecule has 0 aromatic heterocycles. The predicted octanol–water partition coefficient (Wildman–Crippen LogP) is 9.22. The number of carboxylic acids is 1. The van der Waals surface area contributed by atoms with Gasteiger partial charge in [0.15, 0.2) is 5.71 Å². The second-order valence-electron chi connectivity index (χ2n) is 14.4. The number of benzene rings is 2. The van der Waals surface area contributed by atoms with Crippen molar-refractivity contribution < 1.29 is 27.4 Å². The lowest BCUT2D eigenvalue weighted by Gasteiger charge is -2.27. The van der Waals surface area contributed by atoms with Gasteiger partial charge in [0.05, 0.1) is 11.2 Å². The average molecular weight is 706 g/mol. The maximum atomic E-state index is 11.3. The molecule has 2 aromatic rings. The van der Waals surface area contributed by atoms with Crippen molar-refractivity contribution in [2.75, 3.05) is 23.7 Å². The van der Waals surface area contributed by atoms with Crippen LogP contribution in [0.1, 0.15) is 96.6 Å². The predicted molar refractivity (Wildman–Crippen MR) is 200 cm³/mol. The number of allylic oxidation sites excluding steroid dienone is 8. The molecule has 49 heavy (non-hydrogen) atoms. The molecule has 0 atom stereocenters. The van der Waals surface area contributed by atoms with Crippen molar-refractivity contribution >= 4 is 44.8 Å². The van der Waals surface area contributed by atoms with Gasteiger partial charge in [0, 0.05) is 58.9 Å². The zero-order valence-electron chi connectivity index (χ0n) is 29.2. The van der Waals surface area contributed by atoms with Crippen LogP contribution >= 0.6 is 11.6 Å². The normalized spacial score (nSPS) is 20.2. The number of fused-ring (bicyclic) bond motifs is 2. The first-order valence-electron chi connectivity index (χ1n) is 17.5. The number of hydrogen-bond acceptors (Lipinski definition) is 4. The van der Waals surface area contributed by atoms with Crippen LogP contribution in [0.4, 0.5) is 11.4 Å². The highest BCUT2D eigenvalue weighted by molar-refractivity contribution is 7.85. The van der Waals surface area contributed by atoms with Gasteiger partial charge >= 0.3 is 5.97 Å². The summed E-state index contributed by atoms with van der Waals surface area (Å²) in [6.45, 7) is 10.4. The molecule has 0 saturated heterocycles. The number of hydrogen-bond donors (Lipinski definition) is 2. The van der Waals surface area contributed by atoms with Crippen molar-refractivity contribution in [3.63, 3.8) is 0 Å². The van der Waals surface area contributed by atoms with Gasteiger partial charge in [-0.1, -0.05) is 80.4 Å². The molecule has 9 heteroatoms. The number of carboxylic acid groups (broad SMARTS) is 1. The SMILES string of the molecule is CC1(C)C(/C=C/C2=C(Cl)C(=C/C=C3/N(CCCCCC(=O)O)c4ccccc4C3(C)C)/CCC2)=[N+](CCCCS(=O)(=O)O)c2ccccc21. The van der Waals surface area contributed by atoms with E-state index in [1.54, 1.807) is 0 Å². The third kappa shape index (κ3) is 8.30. The molecule has 0 unspecified atom stereocenters. The Labute approximate surface area is 297 Å². The summed E-state index contributed by atoms with van der Waals surface area (Å²) in [5.41, 5.74) is 9.00. The number of carbonyl (C=O) groups is 1. The third-order valence-electron chi connectivity index (χ3n) is 10.2. The largest absolute Gasteiger partial charge is 0.481 e. The van der Waals surface area contributed by atoms with Crippen molar-refractivity contribution in [3.05, 3.63) is 106 Å². The zero-order valence-corrected chi connectivity index (χ0v) is 30.8. The quantitative estimate of drug-likeness (QED) is 0.116. The van der Waals surface area contributed by atoms with Gasteiger partial charge in [-0.15, -0.1) is 0 Å². The highest BCUT2D eigenvalue weighted by atomic mass is 35.5. The van der Waals surface area contributed by atoms with Crippen molar-refractivity contribution in [3.8, 4) is 0 Å². The molecule has 0 saturated carbocycles. The Morgan fingerprint density at radius 1 is 0.898 bits per heavy atom. The van der Waals surface area contributed by atoms with Crippen LogP contribution in [-0.4, -0.2) is 53.2 Å². The number of rotatable bonds is 14. The van der Waals surface area contributed by atoms with E-state index in [2.05, 4.69) is 104 Å². The van der Waals surface area contributed by atoms with Crippen molar-refractivity contribution in [1.29, 1.82) is 0 Å². The van der Waals surface area contributed by atoms with Crippen LogP contribution in [0.3, 0.4) is 0 Å². The number of aliphatic carboxylic acids is 1. The van der Waals surface area contributed by atoms with Gasteiger partial charge < -0.3 is 10.0 Å². The van der Waals surface area contributed by atoms with Crippen LogP contribution in [-0.2, 0) is 25.7 Å². The first-order valence-corrected chi connectivity index (χ1v) is 19.5. The molecule has 0 bridgehead atoms. The van der Waals surface area contributed by atoms with Crippen molar-refractivity contribution in [2.24, 2.45) is 0 Å². The minimum atomic E-state index is -3.99. The first kappa shape index (κ1) is 36.8. The van der Waals surface area contributed by atoms with E-state index in [9.17, 15) is 17.8 Å². The van der Waals surface area contributed by atoms with E-state index >= 15 is 0 Å². The topological polar surface area (TPSA) is 97.9 Å². The van der Waals surface area contributed by atoms with Crippen LogP contribution in [0.2, 0.25) is 0 Å². The Morgan fingerprint density at radius 2 is 1.61 bits per heavy atom. The Hall–Kier alpha value is -3.46. The van der Waals surface area contributed by atoms with Gasteiger partial charge in [0.25, 0.3) is 10.1 Å². The van der Waals surface area contributed by atoms with E-state index in [0.29, 0.717) is 25.8 Å². The first-order chi connectivity index (χ1) is 23.2. The maximum absolute atomic E-state index is 11.3. The smallest absolute Gasteiger partial charge is 0.303 e. The number of unbranched alkanes of at least 4 members (excludes halogenated alkanes) is 3. The number of para-hydroxylation sites is 2. The molecule has 2 N–H and O–H groups in total. The van der Waals surface area contributed by atoms with Gasteiger partial charge in [-0.2, -0.15) is 13.0 Å².